The molecule has 0 aromatic heterocycles. The van der Waals surface area contributed by atoms with Crippen LogP contribution in [0.4, 0.5) is 0 Å². The standard InChI is InChI=1S/C20H25NO4/c1-13-6-8-18(14(2)10-13)25-12-20(22)21-15(3)17-11-16(23-4)7-9-19(17)24-5/h6-11,15H,12H2,1-5H3,(H,21,22). The van der Waals surface area contributed by atoms with E-state index in [0.717, 1.165) is 16.7 Å². The van der Waals surface area contributed by atoms with Gasteiger partial charge in [0.05, 0.1) is 20.3 Å². The van der Waals surface area contributed by atoms with Gasteiger partial charge in [-0.05, 0) is 50.6 Å². The highest BCUT2D eigenvalue weighted by Gasteiger charge is 2.16. The zero-order valence-electron chi connectivity index (χ0n) is 15.4. The van der Waals surface area contributed by atoms with E-state index >= 15 is 0 Å². The van der Waals surface area contributed by atoms with Crippen molar-refractivity contribution < 1.29 is 19.0 Å². The van der Waals surface area contributed by atoms with Gasteiger partial charge in [0.25, 0.3) is 5.91 Å². The molecular formula is C20H25NO4. The first-order valence-electron chi connectivity index (χ1n) is 8.16. The third-order valence-electron chi connectivity index (χ3n) is 3.97. The monoisotopic (exact) mass is 343 g/mol. The molecule has 0 aliphatic heterocycles. The molecule has 1 unspecified atom stereocenters. The largest absolute Gasteiger partial charge is 0.497 e. The summed E-state index contributed by atoms with van der Waals surface area (Å²) < 4.78 is 16.2. The third kappa shape index (κ3) is 4.89. The molecule has 0 aliphatic carbocycles. The highest BCUT2D eigenvalue weighted by molar-refractivity contribution is 5.78. The number of hydrogen-bond donors (Lipinski definition) is 1. The minimum atomic E-state index is -0.236. The number of carbonyl (C=O) groups excluding carboxylic acids is 1. The predicted molar refractivity (Wildman–Crippen MR) is 97.5 cm³/mol. The van der Waals surface area contributed by atoms with Crippen molar-refractivity contribution in [1.82, 2.24) is 5.32 Å². The van der Waals surface area contributed by atoms with Gasteiger partial charge in [-0.25, -0.2) is 0 Å². The fraction of sp³-hybridized carbons (Fsp3) is 0.350. The maximum absolute atomic E-state index is 12.2. The van der Waals surface area contributed by atoms with Gasteiger partial charge in [-0.15, -0.1) is 0 Å². The summed E-state index contributed by atoms with van der Waals surface area (Å²) in [5.74, 6) is 1.93. The minimum Gasteiger partial charge on any atom is -0.497 e. The Morgan fingerprint density at radius 2 is 1.76 bits per heavy atom. The maximum Gasteiger partial charge on any atom is 0.258 e. The topological polar surface area (TPSA) is 56.8 Å². The van der Waals surface area contributed by atoms with Crippen LogP contribution < -0.4 is 19.5 Å². The van der Waals surface area contributed by atoms with E-state index < -0.39 is 0 Å². The Labute approximate surface area is 148 Å². The fourth-order valence-corrected chi connectivity index (χ4v) is 2.64. The highest BCUT2D eigenvalue weighted by Crippen LogP contribution is 2.29. The molecule has 25 heavy (non-hydrogen) atoms. The molecule has 1 N–H and O–H groups in total. The first-order chi connectivity index (χ1) is 11.9. The van der Waals surface area contributed by atoms with Crippen LogP contribution in [0.25, 0.3) is 0 Å². The SMILES string of the molecule is COc1ccc(OC)c(C(C)NC(=O)COc2ccc(C)cc2C)c1. The average molecular weight is 343 g/mol. The van der Waals surface area contributed by atoms with E-state index in [-0.39, 0.29) is 18.6 Å². The Morgan fingerprint density at radius 1 is 1.04 bits per heavy atom. The van der Waals surface area contributed by atoms with Crippen molar-refractivity contribution in [3.05, 3.63) is 53.1 Å². The molecule has 2 aromatic carbocycles. The Balaban J connectivity index is 2.00. The number of methoxy groups -OCH3 is 2. The summed E-state index contributed by atoms with van der Waals surface area (Å²) >= 11 is 0. The molecule has 134 valence electrons. The van der Waals surface area contributed by atoms with E-state index in [2.05, 4.69) is 5.32 Å². The average Bonchev–Trinajstić information content (AvgIpc) is 2.60. The van der Waals surface area contributed by atoms with E-state index in [0.29, 0.717) is 17.2 Å². The number of amides is 1. The number of carbonyl (C=O) groups is 1. The van der Waals surface area contributed by atoms with Gasteiger partial charge in [0.15, 0.2) is 6.61 Å². The van der Waals surface area contributed by atoms with Gasteiger partial charge in [-0.2, -0.15) is 0 Å². The molecule has 2 aromatic rings. The van der Waals surface area contributed by atoms with Gasteiger partial charge in [0.1, 0.15) is 17.2 Å². The highest BCUT2D eigenvalue weighted by atomic mass is 16.5. The second kappa shape index (κ2) is 8.42. The second-order valence-electron chi connectivity index (χ2n) is 5.95. The molecule has 0 bridgehead atoms. The van der Waals surface area contributed by atoms with Gasteiger partial charge in [-0.3, -0.25) is 4.79 Å². The van der Waals surface area contributed by atoms with Crippen LogP contribution in [0.2, 0.25) is 0 Å². The van der Waals surface area contributed by atoms with Gasteiger partial charge < -0.3 is 19.5 Å². The Morgan fingerprint density at radius 3 is 2.40 bits per heavy atom. The molecule has 2 rings (SSSR count). The van der Waals surface area contributed by atoms with Crippen molar-refractivity contribution in [1.29, 1.82) is 0 Å². The van der Waals surface area contributed by atoms with Crippen molar-refractivity contribution in [3.63, 3.8) is 0 Å². The van der Waals surface area contributed by atoms with Crippen LogP contribution in [0, 0.1) is 13.8 Å². The van der Waals surface area contributed by atoms with Crippen molar-refractivity contribution in [3.8, 4) is 17.2 Å². The quantitative estimate of drug-likeness (QED) is 0.835. The number of ether oxygens (including phenoxy) is 3. The lowest BCUT2D eigenvalue weighted by atomic mass is 10.1. The van der Waals surface area contributed by atoms with Crippen LogP contribution in [0.3, 0.4) is 0 Å². The van der Waals surface area contributed by atoms with Crippen LogP contribution in [-0.4, -0.2) is 26.7 Å². The lowest BCUT2D eigenvalue weighted by Gasteiger charge is -2.18. The summed E-state index contributed by atoms with van der Waals surface area (Å²) in [5, 5.41) is 2.92. The normalized spacial score (nSPS) is 11.6. The van der Waals surface area contributed by atoms with Gasteiger partial charge >= 0.3 is 0 Å². The Kier molecular flexibility index (Phi) is 6.28. The smallest absolute Gasteiger partial charge is 0.258 e. The van der Waals surface area contributed by atoms with Gasteiger partial charge in [-0.1, -0.05) is 17.7 Å². The molecular weight excluding hydrogens is 318 g/mol. The minimum absolute atomic E-state index is 0.0411. The molecule has 0 heterocycles. The molecule has 5 heteroatoms. The van der Waals surface area contributed by atoms with Crippen LogP contribution in [0.1, 0.15) is 29.7 Å². The summed E-state index contributed by atoms with van der Waals surface area (Å²) in [6.45, 7) is 5.84. The Bertz CT molecular complexity index is 742. The molecule has 0 radical (unpaired) electrons. The lowest BCUT2D eigenvalue weighted by molar-refractivity contribution is -0.123. The van der Waals surface area contributed by atoms with E-state index in [4.69, 9.17) is 14.2 Å². The summed E-state index contributed by atoms with van der Waals surface area (Å²) in [5.41, 5.74) is 3.02. The fourth-order valence-electron chi connectivity index (χ4n) is 2.64. The first kappa shape index (κ1) is 18.6. The van der Waals surface area contributed by atoms with Crippen molar-refractivity contribution in [2.75, 3.05) is 20.8 Å². The molecule has 5 nitrogen and oxygen atoms in total. The summed E-state index contributed by atoms with van der Waals surface area (Å²) in [6, 6.07) is 11.1. The summed E-state index contributed by atoms with van der Waals surface area (Å²) in [6.07, 6.45) is 0. The zero-order chi connectivity index (χ0) is 18.4. The van der Waals surface area contributed by atoms with E-state index in [1.165, 1.54) is 0 Å². The van der Waals surface area contributed by atoms with E-state index in [1.54, 1.807) is 14.2 Å². The maximum atomic E-state index is 12.2. The summed E-state index contributed by atoms with van der Waals surface area (Å²) in [4.78, 5) is 12.2. The Hall–Kier alpha value is -2.69. The van der Waals surface area contributed by atoms with Crippen LogP contribution >= 0.6 is 0 Å². The predicted octanol–water partition coefficient (Wildman–Crippen LogP) is 3.58. The molecule has 0 fully saturated rings. The first-order valence-corrected chi connectivity index (χ1v) is 8.16. The van der Waals surface area contributed by atoms with E-state index in [9.17, 15) is 4.79 Å². The number of aryl methyl sites for hydroxylation is 2. The molecule has 0 saturated heterocycles. The van der Waals surface area contributed by atoms with Gasteiger partial charge in [0, 0.05) is 5.56 Å². The lowest BCUT2D eigenvalue weighted by Crippen LogP contribution is -2.31. The number of benzene rings is 2. The summed E-state index contributed by atoms with van der Waals surface area (Å²) in [7, 11) is 3.20. The third-order valence-corrected chi connectivity index (χ3v) is 3.97. The molecule has 0 saturated carbocycles. The second-order valence-corrected chi connectivity index (χ2v) is 5.95. The van der Waals surface area contributed by atoms with Crippen molar-refractivity contribution in [2.45, 2.75) is 26.8 Å². The van der Waals surface area contributed by atoms with Crippen molar-refractivity contribution >= 4 is 5.91 Å². The van der Waals surface area contributed by atoms with Crippen LogP contribution in [0.5, 0.6) is 17.2 Å². The van der Waals surface area contributed by atoms with Crippen molar-refractivity contribution in [2.24, 2.45) is 0 Å². The molecule has 0 aliphatic rings. The number of rotatable bonds is 7. The van der Waals surface area contributed by atoms with Gasteiger partial charge in [0.2, 0.25) is 0 Å². The van der Waals surface area contributed by atoms with Crippen LogP contribution in [0.15, 0.2) is 36.4 Å². The molecule has 1 atom stereocenters. The molecule has 1 amide bonds. The van der Waals surface area contributed by atoms with E-state index in [1.807, 2.05) is 57.2 Å². The number of hydrogen-bond acceptors (Lipinski definition) is 4. The number of nitrogens with one attached hydrogen (secondary N) is 1. The van der Waals surface area contributed by atoms with Crippen LogP contribution in [-0.2, 0) is 4.79 Å². The zero-order valence-corrected chi connectivity index (χ0v) is 15.4. The molecule has 0 spiro atoms.